The van der Waals surface area contributed by atoms with Crippen molar-refractivity contribution in [3.05, 3.63) is 21.7 Å². The number of aromatic nitrogens is 1. The molecular weight excluding hydrogens is 288 g/mol. The summed E-state index contributed by atoms with van der Waals surface area (Å²) in [5.74, 6) is -0.419. The number of esters is 1. The SMILES string of the molecule is CCOC(=O)c1c(C)nc2sc3c(c2c1N)CCC(O)C3. The van der Waals surface area contributed by atoms with Gasteiger partial charge in [-0.1, -0.05) is 0 Å². The summed E-state index contributed by atoms with van der Waals surface area (Å²) < 4.78 is 5.08. The van der Waals surface area contributed by atoms with Gasteiger partial charge in [0.2, 0.25) is 0 Å². The highest BCUT2D eigenvalue weighted by molar-refractivity contribution is 7.19. The number of hydrogen-bond acceptors (Lipinski definition) is 6. The molecule has 0 saturated carbocycles. The Kier molecular flexibility index (Phi) is 3.59. The van der Waals surface area contributed by atoms with Crippen LogP contribution in [0.15, 0.2) is 0 Å². The molecule has 0 amide bonds. The largest absolute Gasteiger partial charge is 0.462 e. The highest BCUT2D eigenvalue weighted by Gasteiger charge is 2.26. The van der Waals surface area contributed by atoms with Crippen molar-refractivity contribution in [2.24, 2.45) is 0 Å². The lowest BCUT2D eigenvalue weighted by Crippen LogP contribution is -2.17. The topological polar surface area (TPSA) is 85.4 Å². The molecule has 5 nitrogen and oxygen atoms in total. The van der Waals surface area contributed by atoms with Gasteiger partial charge in [0.1, 0.15) is 10.4 Å². The van der Waals surface area contributed by atoms with Crippen molar-refractivity contribution in [1.29, 1.82) is 0 Å². The number of pyridine rings is 1. The molecule has 2 aromatic rings. The number of aryl methyl sites for hydroxylation is 2. The molecule has 1 aliphatic carbocycles. The number of aliphatic hydroxyl groups is 1. The zero-order chi connectivity index (χ0) is 15.1. The van der Waals surface area contributed by atoms with E-state index < -0.39 is 5.97 Å². The third-order valence-electron chi connectivity index (χ3n) is 3.87. The van der Waals surface area contributed by atoms with E-state index in [0.717, 1.165) is 33.5 Å². The second kappa shape index (κ2) is 5.27. The monoisotopic (exact) mass is 306 g/mol. The number of hydrogen-bond donors (Lipinski definition) is 2. The second-order valence-corrected chi connectivity index (χ2v) is 6.37. The molecule has 0 aliphatic heterocycles. The molecule has 0 radical (unpaired) electrons. The first-order chi connectivity index (χ1) is 10.0. The molecule has 21 heavy (non-hydrogen) atoms. The average Bonchev–Trinajstić information content (AvgIpc) is 2.75. The summed E-state index contributed by atoms with van der Waals surface area (Å²) in [4.78, 5) is 18.6. The van der Waals surface area contributed by atoms with Crippen molar-refractivity contribution in [2.75, 3.05) is 12.3 Å². The van der Waals surface area contributed by atoms with Crippen LogP contribution in [-0.2, 0) is 17.6 Å². The maximum Gasteiger partial charge on any atom is 0.342 e. The van der Waals surface area contributed by atoms with E-state index in [1.807, 2.05) is 0 Å². The lowest BCUT2D eigenvalue weighted by Gasteiger charge is -2.17. The predicted molar refractivity (Wildman–Crippen MR) is 82.8 cm³/mol. The second-order valence-electron chi connectivity index (χ2n) is 5.29. The lowest BCUT2D eigenvalue weighted by atomic mass is 9.93. The molecule has 0 saturated heterocycles. The van der Waals surface area contributed by atoms with Crippen LogP contribution in [0, 0.1) is 6.92 Å². The number of rotatable bonds is 2. The van der Waals surface area contributed by atoms with Gasteiger partial charge in [0.25, 0.3) is 0 Å². The zero-order valence-corrected chi connectivity index (χ0v) is 12.9. The van der Waals surface area contributed by atoms with E-state index in [2.05, 4.69) is 4.98 Å². The van der Waals surface area contributed by atoms with E-state index in [4.69, 9.17) is 10.5 Å². The van der Waals surface area contributed by atoms with Gasteiger partial charge in [0.15, 0.2) is 0 Å². The Morgan fingerprint density at radius 1 is 1.57 bits per heavy atom. The minimum absolute atomic E-state index is 0.294. The minimum atomic E-state index is -0.419. The van der Waals surface area contributed by atoms with Gasteiger partial charge in [-0.15, -0.1) is 11.3 Å². The Morgan fingerprint density at radius 3 is 3.05 bits per heavy atom. The molecule has 1 unspecified atom stereocenters. The van der Waals surface area contributed by atoms with Crippen LogP contribution >= 0.6 is 11.3 Å². The van der Waals surface area contributed by atoms with Gasteiger partial charge in [-0.25, -0.2) is 9.78 Å². The van der Waals surface area contributed by atoms with Gasteiger partial charge in [-0.2, -0.15) is 0 Å². The molecule has 1 aliphatic rings. The summed E-state index contributed by atoms with van der Waals surface area (Å²) in [6.45, 7) is 3.85. The first kappa shape index (κ1) is 14.3. The van der Waals surface area contributed by atoms with Crippen LogP contribution in [-0.4, -0.2) is 28.8 Å². The van der Waals surface area contributed by atoms with Crippen LogP contribution < -0.4 is 5.73 Å². The molecular formula is C15H18N2O3S. The molecule has 112 valence electrons. The van der Waals surface area contributed by atoms with E-state index in [1.54, 1.807) is 25.2 Å². The Bertz CT molecular complexity index is 724. The first-order valence-electron chi connectivity index (χ1n) is 7.08. The number of carbonyl (C=O) groups is 1. The van der Waals surface area contributed by atoms with E-state index in [0.29, 0.717) is 30.0 Å². The molecule has 6 heteroatoms. The van der Waals surface area contributed by atoms with Gasteiger partial charge in [0.05, 0.1) is 24.1 Å². The van der Waals surface area contributed by atoms with Gasteiger partial charge in [0, 0.05) is 16.7 Å². The van der Waals surface area contributed by atoms with Gasteiger partial charge >= 0.3 is 5.97 Å². The van der Waals surface area contributed by atoms with E-state index in [-0.39, 0.29) is 6.10 Å². The summed E-state index contributed by atoms with van der Waals surface area (Å²) in [7, 11) is 0. The van der Waals surface area contributed by atoms with Crippen molar-refractivity contribution in [1.82, 2.24) is 4.98 Å². The van der Waals surface area contributed by atoms with Crippen LogP contribution in [0.1, 0.15) is 39.8 Å². The van der Waals surface area contributed by atoms with Gasteiger partial charge in [-0.05, 0) is 32.3 Å². The maximum atomic E-state index is 12.1. The highest BCUT2D eigenvalue weighted by Crippen LogP contribution is 2.40. The Labute approximate surface area is 126 Å². The fourth-order valence-corrected chi connectivity index (χ4v) is 4.25. The third kappa shape index (κ3) is 2.28. The summed E-state index contributed by atoms with van der Waals surface area (Å²) in [5.41, 5.74) is 8.82. The van der Waals surface area contributed by atoms with Crippen LogP contribution in [0.2, 0.25) is 0 Å². The number of ether oxygens (including phenoxy) is 1. The number of fused-ring (bicyclic) bond motifs is 3. The van der Waals surface area contributed by atoms with Gasteiger partial charge < -0.3 is 15.6 Å². The molecule has 3 N–H and O–H groups in total. The molecule has 0 spiro atoms. The summed E-state index contributed by atoms with van der Waals surface area (Å²) in [6, 6.07) is 0. The molecule has 2 aromatic heterocycles. The van der Waals surface area contributed by atoms with Crippen molar-refractivity contribution in [2.45, 2.75) is 39.2 Å². The third-order valence-corrected chi connectivity index (χ3v) is 5.02. The predicted octanol–water partition coefficient (Wildman–Crippen LogP) is 2.21. The molecule has 3 rings (SSSR count). The van der Waals surface area contributed by atoms with Crippen LogP contribution in [0.4, 0.5) is 5.69 Å². The van der Waals surface area contributed by atoms with E-state index in [9.17, 15) is 9.90 Å². The number of anilines is 1. The zero-order valence-electron chi connectivity index (χ0n) is 12.1. The van der Waals surface area contributed by atoms with Crippen LogP contribution in [0.25, 0.3) is 10.2 Å². The van der Waals surface area contributed by atoms with Gasteiger partial charge in [-0.3, -0.25) is 0 Å². The Hall–Kier alpha value is -1.66. The highest BCUT2D eigenvalue weighted by atomic mass is 32.1. The Morgan fingerprint density at radius 2 is 2.33 bits per heavy atom. The van der Waals surface area contributed by atoms with E-state index >= 15 is 0 Å². The minimum Gasteiger partial charge on any atom is -0.462 e. The lowest BCUT2D eigenvalue weighted by molar-refractivity contribution is 0.0526. The molecule has 0 aromatic carbocycles. The smallest absolute Gasteiger partial charge is 0.342 e. The summed E-state index contributed by atoms with van der Waals surface area (Å²) >= 11 is 1.56. The number of thiophene rings is 1. The van der Waals surface area contributed by atoms with Crippen molar-refractivity contribution in [3.8, 4) is 0 Å². The number of carbonyl (C=O) groups excluding carboxylic acids is 1. The van der Waals surface area contributed by atoms with Crippen molar-refractivity contribution in [3.63, 3.8) is 0 Å². The molecule has 2 heterocycles. The summed E-state index contributed by atoms with van der Waals surface area (Å²) in [5, 5.41) is 10.7. The van der Waals surface area contributed by atoms with Crippen LogP contribution in [0.3, 0.4) is 0 Å². The number of nitrogen functional groups attached to an aromatic ring is 1. The number of nitrogens with zero attached hydrogens (tertiary/aromatic N) is 1. The fraction of sp³-hybridized carbons (Fsp3) is 0.467. The average molecular weight is 306 g/mol. The van der Waals surface area contributed by atoms with Crippen molar-refractivity contribution < 1.29 is 14.6 Å². The normalized spacial score (nSPS) is 17.8. The standard InChI is InChI=1S/C15H18N2O3S/c1-3-20-15(19)11-7(2)17-14-12(13(11)16)9-5-4-8(18)6-10(9)21-14/h8,18H,3-6H2,1-2H3,(H2,16,17). The van der Waals surface area contributed by atoms with E-state index in [1.165, 1.54) is 0 Å². The number of aliphatic hydroxyl groups excluding tert-OH is 1. The quantitative estimate of drug-likeness (QED) is 0.831. The molecule has 1 atom stereocenters. The van der Waals surface area contributed by atoms with Crippen LogP contribution in [0.5, 0.6) is 0 Å². The number of nitrogens with two attached hydrogens (primary N) is 1. The molecule has 0 fully saturated rings. The molecule has 0 bridgehead atoms. The van der Waals surface area contributed by atoms with Crippen molar-refractivity contribution >= 4 is 33.2 Å². The fourth-order valence-electron chi connectivity index (χ4n) is 2.90. The first-order valence-corrected chi connectivity index (χ1v) is 7.90. The summed E-state index contributed by atoms with van der Waals surface area (Å²) in [6.07, 6.45) is 1.84. The Balaban J connectivity index is 2.22. The maximum absolute atomic E-state index is 12.1.